The fraction of sp³-hybridized carbons (Fsp3) is 0.500. The van der Waals surface area contributed by atoms with Gasteiger partial charge in [-0.3, -0.25) is 14.8 Å². The van der Waals surface area contributed by atoms with Crippen molar-refractivity contribution < 1.29 is 0 Å². The number of fused-ring (bicyclic) bond motifs is 1. The minimum absolute atomic E-state index is 0.278. The molecule has 0 bridgehead atoms. The Hall–Kier alpha value is -1.89. The van der Waals surface area contributed by atoms with E-state index in [0.717, 1.165) is 6.54 Å². The third kappa shape index (κ3) is 2.01. The summed E-state index contributed by atoms with van der Waals surface area (Å²) in [5.74, 6) is 0.613. The Morgan fingerprint density at radius 2 is 1.94 bits per heavy atom. The highest BCUT2D eigenvalue weighted by molar-refractivity contribution is 5.68. The molecule has 2 rings (SSSR count). The summed E-state index contributed by atoms with van der Waals surface area (Å²) in [6.45, 7) is 6.65. The molecule has 17 heavy (non-hydrogen) atoms. The van der Waals surface area contributed by atoms with Gasteiger partial charge < -0.3 is 10.3 Å². The van der Waals surface area contributed by atoms with Crippen LogP contribution in [0.25, 0.3) is 11.2 Å². The van der Waals surface area contributed by atoms with E-state index in [-0.39, 0.29) is 11.2 Å². The molecule has 7 nitrogen and oxygen atoms in total. The van der Waals surface area contributed by atoms with Crippen LogP contribution in [0.5, 0.6) is 0 Å². The Labute approximate surface area is 96.7 Å². The van der Waals surface area contributed by atoms with Crippen LogP contribution in [0.2, 0.25) is 0 Å². The molecule has 2 aromatic rings. The summed E-state index contributed by atoms with van der Waals surface area (Å²) in [7, 11) is 0. The number of hydrogen-bond donors (Lipinski definition) is 4. The van der Waals surface area contributed by atoms with Crippen LogP contribution in [0, 0.1) is 0 Å². The van der Waals surface area contributed by atoms with Gasteiger partial charge in [0, 0.05) is 0 Å². The number of rotatable bonds is 3. The lowest BCUT2D eigenvalue weighted by molar-refractivity contribution is 0.395. The second-order valence-corrected chi connectivity index (χ2v) is 4.37. The number of hydrogen-bond acceptors (Lipinski definition) is 4. The van der Waals surface area contributed by atoms with Gasteiger partial charge in [0.05, 0.1) is 5.54 Å². The molecule has 0 amide bonds. The summed E-state index contributed by atoms with van der Waals surface area (Å²) in [6, 6.07) is 0. The third-order valence-electron chi connectivity index (χ3n) is 2.60. The zero-order valence-corrected chi connectivity index (χ0v) is 9.97. The van der Waals surface area contributed by atoms with E-state index in [1.165, 1.54) is 0 Å². The van der Waals surface area contributed by atoms with Crippen LogP contribution in [0.4, 0.5) is 0 Å². The fourth-order valence-electron chi connectivity index (χ4n) is 1.75. The van der Waals surface area contributed by atoms with E-state index in [1.54, 1.807) is 0 Å². The lowest BCUT2D eigenvalue weighted by atomic mass is 10.1. The van der Waals surface area contributed by atoms with Gasteiger partial charge in [-0.1, -0.05) is 6.92 Å². The number of nitrogens with zero attached hydrogens (tertiary/aromatic N) is 1. The maximum absolute atomic E-state index is 11.5. The van der Waals surface area contributed by atoms with Crippen molar-refractivity contribution in [3.8, 4) is 0 Å². The summed E-state index contributed by atoms with van der Waals surface area (Å²) >= 11 is 0. The number of aromatic nitrogens is 4. The quantitative estimate of drug-likeness (QED) is 0.592. The SMILES string of the molecule is CCNC(C)(C)c1nc2[nH]c(=O)[nH]c(=O)c2[nH]1. The molecular weight excluding hydrogens is 222 g/mol. The van der Waals surface area contributed by atoms with Crippen molar-refractivity contribution in [1.82, 2.24) is 25.3 Å². The first-order valence-corrected chi connectivity index (χ1v) is 5.42. The Kier molecular flexibility index (Phi) is 2.62. The average Bonchev–Trinajstić information content (AvgIpc) is 2.62. The first-order valence-electron chi connectivity index (χ1n) is 5.42. The first-order chi connectivity index (χ1) is 7.94. The normalized spacial score (nSPS) is 12.2. The molecule has 7 heteroatoms. The highest BCUT2D eigenvalue weighted by Crippen LogP contribution is 2.17. The molecule has 4 N–H and O–H groups in total. The molecule has 0 radical (unpaired) electrons. The Bertz CT molecular complexity index is 648. The molecule has 92 valence electrons. The molecule has 0 atom stereocenters. The highest BCUT2D eigenvalue weighted by Gasteiger charge is 2.23. The third-order valence-corrected chi connectivity index (χ3v) is 2.60. The molecule has 0 aliphatic carbocycles. The minimum Gasteiger partial charge on any atom is -0.335 e. The summed E-state index contributed by atoms with van der Waals surface area (Å²) in [5.41, 5.74) is -0.848. The van der Waals surface area contributed by atoms with Crippen LogP contribution in [-0.2, 0) is 5.54 Å². The van der Waals surface area contributed by atoms with Crippen LogP contribution in [0.3, 0.4) is 0 Å². The summed E-state index contributed by atoms with van der Waals surface area (Å²) in [5, 5.41) is 3.24. The van der Waals surface area contributed by atoms with Gasteiger partial charge >= 0.3 is 5.69 Å². The smallest absolute Gasteiger partial charge is 0.327 e. The number of aromatic amines is 3. The van der Waals surface area contributed by atoms with Gasteiger partial charge in [-0.15, -0.1) is 0 Å². The van der Waals surface area contributed by atoms with Crippen molar-refractivity contribution in [1.29, 1.82) is 0 Å². The van der Waals surface area contributed by atoms with E-state index in [0.29, 0.717) is 5.82 Å². The Morgan fingerprint density at radius 3 is 2.59 bits per heavy atom. The number of nitrogens with one attached hydrogen (secondary N) is 4. The van der Waals surface area contributed by atoms with Crippen molar-refractivity contribution in [2.24, 2.45) is 0 Å². The van der Waals surface area contributed by atoms with Gasteiger partial charge in [-0.25, -0.2) is 9.78 Å². The van der Waals surface area contributed by atoms with Crippen LogP contribution >= 0.6 is 0 Å². The first kappa shape index (κ1) is 11.6. The second-order valence-electron chi connectivity index (χ2n) is 4.37. The van der Waals surface area contributed by atoms with Crippen molar-refractivity contribution in [3.05, 3.63) is 26.7 Å². The average molecular weight is 237 g/mol. The van der Waals surface area contributed by atoms with Crippen LogP contribution < -0.4 is 16.6 Å². The molecule has 2 heterocycles. The van der Waals surface area contributed by atoms with Crippen LogP contribution in [0.1, 0.15) is 26.6 Å². The summed E-state index contributed by atoms with van der Waals surface area (Å²) in [6.07, 6.45) is 0. The predicted octanol–water partition coefficient (Wildman–Crippen LogP) is -0.216. The predicted molar refractivity (Wildman–Crippen MR) is 64.0 cm³/mol. The molecule has 2 aromatic heterocycles. The van der Waals surface area contributed by atoms with E-state index >= 15 is 0 Å². The van der Waals surface area contributed by atoms with E-state index in [1.807, 2.05) is 20.8 Å². The molecule has 0 spiro atoms. The number of H-pyrrole nitrogens is 3. The molecule has 0 aliphatic heterocycles. The van der Waals surface area contributed by atoms with Crippen molar-refractivity contribution in [2.75, 3.05) is 6.54 Å². The zero-order valence-electron chi connectivity index (χ0n) is 9.97. The number of imidazole rings is 1. The van der Waals surface area contributed by atoms with Crippen molar-refractivity contribution in [3.63, 3.8) is 0 Å². The molecule has 0 aromatic carbocycles. The fourth-order valence-corrected chi connectivity index (χ4v) is 1.75. The summed E-state index contributed by atoms with van der Waals surface area (Å²) in [4.78, 5) is 34.4. The van der Waals surface area contributed by atoms with Gasteiger partial charge in [0.2, 0.25) is 0 Å². The molecule has 0 fully saturated rings. The zero-order chi connectivity index (χ0) is 12.6. The van der Waals surface area contributed by atoms with Crippen molar-refractivity contribution in [2.45, 2.75) is 26.3 Å². The van der Waals surface area contributed by atoms with Gasteiger partial charge in [-0.05, 0) is 20.4 Å². The molecule has 0 saturated carbocycles. The van der Waals surface area contributed by atoms with E-state index in [2.05, 4.69) is 25.3 Å². The lowest BCUT2D eigenvalue weighted by Crippen LogP contribution is -2.37. The summed E-state index contributed by atoms with van der Waals surface area (Å²) < 4.78 is 0. The molecule has 0 saturated heterocycles. The molecule has 0 unspecified atom stereocenters. The van der Waals surface area contributed by atoms with Crippen molar-refractivity contribution >= 4 is 11.2 Å². The van der Waals surface area contributed by atoms with E-state index in [9.17, 15) is 9.59 Å². The molecule has 0 aliphatic rings. The largest absolute Gasteiger partial charge is 0.335 e. The van der Waals surface area contributed by atoms with Crippen LogP contribution in [-0.4, -0.2) is 26.5 Å². The van der Waals surface area contributed by atoms with E-state index in [4.69, 9.17) is 0 Å². The highest BCUT2D eigenvalue weighted by atomic mass is 16.2. The second kappa shape index (κ2) is 3.85. The van der Waals surface area contributed by atoms with Gasteiger partial charge in [0.25, 0.3) is 5.56 Å². The Balaban J connectivity index is 2.63. The standard InChI is InChI=1S/C10H15N5O2/c1-4-11-10(2,3)8-12-5-6(13-8)14-9(17)15-7(5)16/h11H,4H2,1-3H3,(H3,12,13,14,15,16,17). The van der Waals surface area contributed by atoms with Gasteiger partial charge in [0.15, 0.2) is 5.65 Å². The molecular formula is C10H15N5O2. The van der Waals surface area contributed by atoms with Crippen LogP contribution in [0.15, 0.2) is 9.59 Å². The van der Waals surface area contributed by atoms with E-state index < -0.39 is 16.8 Å². The maximum atomic E-state index is 11.5. The van der Waals surface area contributed by atoms with Gasteiger partial charge in [0.1, 0.15) is 11.3 Å². The maximum Gasteiger partial charge on any atom is 0.327 e. The lowest BCUT2D eigenvalue weighted by Gasteiger charge is -2.22. The topological polar surface area (TPSA) is 106 Å². The minimum atomic E-state index is -0.554. The Morgan fingerprint density at radius 1 is 1.24 bits per heavy atom. The monoisotopic (exact) mass is 237 g/mol. The van der Waals surface area contributed by atoms with Gasteiger partial charge in [-0.2, -0.15) is 0 Å².